The highest BCUT2D eigenvalue weighted by Gasteiger charge is 2.15. The van der Waals surface area contributed by atoms with Crippen molar-refractivity contribution in [3.8, 4) is 0 Å². The maximum atomic E-state index is 4.59. The van der Waals surface area contributed by atoms with Crippen LogP contribution in [-0.4, -0.2) is 4.98 Å². The zero-order valence-electron chi connectivity index (χ0n) is 8.69. The molecule has 0 aliphatic heterocycles. The van der Waals surface area contributed by atoms with Crippen LogP contribution >= 0.6 is 15.9 Å². The van der Waals surface area contributed by atoms with Crippen molar-refractivity contribution in [2.45, 2.75) is 38.4 Å². The summed E-state index contributed by atoms with van der Waals surface area (Å²) in [6.45, 7) is 8.61. The summed E-state index contributed by atoms with van der Waals surface area (Å²) >= 11 is 3.44. The predicted molar refractivity (Wildman–Crippen MR) is 60.3 cm³/mol. The Morgan fingerprint density at radius 3 is 2.31 bits per heavy atom. The molecule has 1 heterocycles. The van der Waals surface area contributed by atoms with Crippen LogP contribution in [0.1, 0.15) is 37.7 Å². The Morgan fingerprint density at radius 1 is 1.31 bits per heavy atom. The molecule has 0 N–H and O–H groups in total. The van der Waals surface area contributed by atoms with Gasteiger partial charge in [-0.05, 0) is 18.6 Å². The zero-order valence-corrected chi connectivity index (χ0v) is 10.3. The Morgan fingerprint density at radius 2 is 1.92 bits per heavy atom. The molecule has 0 aliphatic carbocycles. The van der Waals surface area contributed by atoms with Crippen molar-refractivity contribution in [3.05, 3.63) is 29.1 Å². The second kappa shape index (κ2) is 3.79. The molecule has 1 nitrogen and oxygen atoms in total. The maximum Gasteiger partial charge on any atom is 0.0460 e. The van der Waals surface area contributed by atoms with E-state index in [1.165, 1.54) is 5.56 Å². The normalized spacial score (nSPS) is 11.8. The van der Waals surface area contributed by atoms with Crippen LogP contribution < -0.4 is 0 Å². The number of halogens is 1. The number of hydrogen-bond donors (Lipinski definition) is 0. The van der Waals surface area contributed by atoms with E-state index < -0.39 is 0 Å². The first-order valence-electron chi connectivity index (χ1n) is 4.48. The highest BCUT2D eigenvalue weighted by molar-refractivity contribution is 9.08. The molecule has 1 aromatic heterocycles. The Labute approximate surface area is 88.7 Å². The van der Waals surface area contributed by atoms with Gasteiger partial charge in [-0.25, -0.2) is 0 Å². The summed E-state index contributed by atoms with van der Waals surface area (Å²) < 4.78 is 0. The lowest BCUT2D eigenvalue weighted by Gasteiger charge is -2.18. The summed E-state index contributed by atoms with van der Waals surface area (Å²) in [6.07, 6.45) is 0. The van der Waals surface area contributed by atoms with E-state index >= 15 is 0 Å². The highest BCUT2D eigenvalue weighted by atomic mass is 79.9. The van der Waals surface area contributed by atoms with Crippen LogP contribution in [0.3, 0.4) is 0 Å². The van der Waals surface area contributed by atoms with Crippen LogP contribution in [0.4, 0.5) is 0 Å². The standard InChI is InChI=1S/C11H16BrN/c1-8-9(7-12)5-6-10(13-8)11(2,3)4/h5-6H,7H2,1-4H3. The van der Waals surface area contributed by atoms with E-state index in [9.17, 15) is 0 Å². The molecule has 0 saturated carbocycles. The van der Waals surface area contributed by atoms with Crippen LogP contribution in [0.15, 0.2) is 12.1 Å². The molecule has 0 aliphatic rings. The van der Waals surface area contributed by atoms with E-state index in [1.54, 1.807) is 0 Å². The Bertz CT molecular complexity index is 299. The molecule has 0 radical (unpaired) electrons. The third kappa shape index (κ3) is 2.53. The molecule has 1 rings (SSSR count). The quantitative estimate of drug-likeness (QED) is 0.686. The zero-order chi connectivity index (χ0) is 10.1. The lowest BCUT2D eigenvalue weighted by Crippen LogP contribution is -2.14. The SMILES string of the molecule is Cc1nc(C(C)(C)C)ccc1CBr. The molecule has 0 spiro atoms. The average molecular weight is 242 g/mol. The summed E-state index contributed by atoms with van der Waals surface area (Å²) in [5.74, 6) is 0. The second-order valence-electron chi connectivity index (χ2n) is 4.32. The van der Waals surface area contributed by atoms with Crippen molar-refractivity contribution < 1.29 is 0 Å². The molecule has 0 fully saturated rings. The first-order chi connectivity index (χ1) is 5.95. The van der Waals surface area contributed by atoms with Crippen molar-refractivity contribution in [2.75, 3.05) is 0 Å². The molecular formula is C11H16BrN. The Balaban J connectivity index is 3.10. The minimum atomic E-state index is 0.148. The molecule has 13 heavy (non-hydrogen) atoms. The molecule has 72 valence electrons. The fourth-order valence-electron chi connectivity index (χ4n) is 1.15. The van der Waals surface area contributed by atoms with E-state index in [4.69, 9.17) is 0 Å². The number of aryl methyl sites for hydroxylation is 1. The molecule has 0 saturated heterocycles. The van der Waals surface area contributed by atoms with Gasteiger partial charge in [-0.1, -0.05) is 42.8 Å². The number of aromatic nitrogens is 1. The van der Waals surface area contributed by atoms with E-state index in [2.05, 4.69) is 60.7 Å². The van der Waals surface area contributed by atoms with Gasteiger partial charge < -0.3 is 0 Å². The number of rotatable bonds is 1. The predicted octanol–water partition coefficient (Wildman–Crippen LogP) is 3.58. The number of alkyl halides is 1. The summed E-state index contributed by atoms with van der Waals surface area (Å²) in [5.41, 5.74) is 3.71. The lowest BCUT2D eigenvalue weighted by atomic mass is 9.91. The van der Waals surface area contributed by atoms with Crippen molar-refractivity contribution in [1.29, 1.82) is 0 Å². The van der Waals surface area contributed by atoms with E-state index in [-0.39, 0.29) is 5.41 Å². The van der Waals surface area contributed by atoms with Gasteiger partial charge in [0.05, 0.1) is 0 Å². The van der Waals surface area contributed by atoms with Gasteiger partial charge in [0.15, 0.2) is 0 Å². The topological polar surface area (TPSA) is 12.9 Å². The molecule has 0 aromatic carbocycles. The van der Waals surface area contributed by atoms with Gasteiger partial charge in [-0.15, -0.1) is 0 Å². The average Bonchev–Trinajstić information content (AvgIpc) is 2.02. The maximum absolute atomic E-state index is 4.59. The summed E-state index contributed by atoms with van der Waals surface area (Å²) in [5, 5.41) is 0.885. The molecule has 2 heteroatoms. The Kier molecular flexibility index (Phi) is 3.12. The minimum Gasteiger partial charge on any atom is -0.257 e. The van der Waals surface area contributed by atoms with Gasteiger partial charge >= 0.3 is 0 Å². The van der Waals surface area contributed by atoms with Gasteiger partial charge in [0.2, 0.25) is 0 Å². The smallest absolute Gasteiger partial charge is 0.0460 e. The van der Waals surface area contributed by atoms with Crippen LogP contribution in [0.5, 0.6) is 0 Å². The molecule has 0 atom stereocenters. The van der Waals surface area contributed by atoms with Crippen LogP contribution in [-0.2, 0) is 10.7 Å². The van der Waals surface area contributed by atoms with Gasteiger partial charge in [0, 0.05) is 22.1 Å². The fourth-order valence-corrected chi connectivity index (χ4v) is 1.74. The van der Waals surface area contributed by atoms with Gasteiger partial charge in [-0.2, -0.15) is 0 Å². The lowest BCUT2D eigenvalue weighted by molar-refractivity contribution is 0.566. The number of hydrogen-bond acceptors (Lipinski definition) is 1. The summed E-state index contributed by atoms with van der Waals surface area (Å²) in [7, 11) is 0. The van der Waals surface area contributed by atoms with Crippen LogP contribution in [0.25, 0.3) is 0 Å². The Hall–Kier alpha value is -0.370. The highest BCUT2D eigenvalue weighted by Crippen LogP contribution is 2.21. The van der Waals surface area contributed by atoms with Gasteiger partial charge in [-0.3, -0.25) is 4.98 Å². The first-order valence-corrected chi connectivity index (χ1v) is 5.60. The number of nitrogens with zero attached hydrogens (tertiary/aromatic N) is 1. The van der Waals surface area contributed by atoms with Gasteiger partial charge in [0.1, 0.15) is 0 Å². The first kappa shape index (κ1) is 10.7. The molecule has 0 bridgehead atoms. The monoisotopic (exact) mass is 241 g/mol. The fraction of sp³-hybridized carbons (Fsp3) is 0.545. The second-order valence-corrected chi connectivity index (χ2v) is 4.89. The van der Waals surface area contributed by atoms with Crippen molar-refractivity contribution >= 4 is 15.9 Å². The van der Waals surface area contributed by atoms with E-state index in [0.717, 1.165) is 16.7 Å². The van der Waals surface area contributed by atoms with Crippen molar-refractivity contribution in [3.63, 3.8) is 0 Å². The summed E-state index contributed by atoms with van der Waals surface area (Å²) in [6, 6.07) is 4.27. The van der Waals surface area contributed by atoms with Crippen molar-refractivity contribution in [2.24, 2.45) is 0 Å². The van der Waals surface area contributed by atoms with Gasteiger partial charge in [0.25, 0.3) is 0 Å². The van der Waals surface area contributed by atoms with Crippen LogP contribution in [0, 0.1) is 6.92 Å². The molecule has 1 aromatic rings. The van der Waals surface area contributed by atoms with E-state index in [0.29, 0.717) is 0 Å². The summed E-state index contributed by atoms with van der Waals surface area (Å²) in [4.78, 5) is 4.59. The molecule has 0 unspecified atom stereocenters. The molecule has 0 amide bonds. The third-order valence-electron chi connectivity index (χ3n) is 2.11. The third-order valence-corrected chi connectivity index (χ3v) is 2.71. The number of pyridine rings is 1. The van der Waals surface area contributed by atoms with Crippen LogP contribution in [0.2, 0.25) is 0 Å². The largest absolute Gasteiger partial charge is 0.257 e. The molecular weight excluding hydrogens is 226 g/mol. The minimum absolute atomic E-state index is 0.148. The van der Waals surface area contributed by atoms with Crippen molar-refractivity contribution in [1.82, 2.24) is 4.98 Å². The van der Waals surface area contributed by atoms with E-state index in [1.807, 2.05) is 0 Å².